The summed E-state index contributed by atoms with van der Waals surface area (Å²) in [5.74, 6) is 0.420. The van der Waals surface area contributed by atoms with Crippen LogP contribution in [0.4, 0.5) is 6.01 Å². The number of aryl methyl sites for hydroxylation is 1. The zero-order valence-electron chi connectivity index (χ0n) is 18.2. The van der Waals surface area contributed by atoms with Gasteiger partial charge in [0.05, 0.1) is 4.90 Å². The second-order valence-corrected chi connectivity index (χ2v) is 10.1. The van der Waals surface area contributed by atoms with Gasteiger partial charge in [-0.15, -0.1) is 0 Å². The van der Waals surface area contributed by atoms with Gasteiger partial charge in [-0.25, -0.2) is 8.42 Å². The number of ether oxygens (including phenoxy) is 1. The molecule has 1 aliphatic rings. The van der Waals surface area contributed by atoms with Crippen LogP contribution in [-0.2, 0) is 21.2 Å². The molecule has 0 saturated carbocycles. The molecule has 3 aromatic rings. The van der Waals surface area contributed by atoms with Crippen LogP contribution in [0.5, 0.6) is 5.75 Å². The molecule has 2 aromatic carbocycles. The molecule has 33 heavy (non-hydrogen) atoms. The standard InChI is InChI=1S/C22H23ClN4O5S/c1-15-12-19(6-7-20(15)31-16(2)28)33(29,30)27-10-8-26(9-11-27)22-24-21(25-32-22)14-17-4-3-5-18(23)13-17/h3-7,12-13H,8-11,14H2,1-2H3. The van der Waals surface area contributed by atoms with Crippen molar-refractivity contribution in [3.05, 3.63) is 64.4 Å². The molecular formula is C22H23ClN4O5S. The molecule has 0 spiro atoms. The monoisotopic (exact) mass is 490 g/mol. The van der Waals surface area contributed by atoms with Crippen molar-refractivity contribution in [1.82, 2.24) is 14.4 Å². The van der Waals surface area contributed by atoms with Crippen LogP contribution in [0.25, 0.3) is 0 Å². The lowest BCUT2D eigenvalue weighted by atomic mass is 10.1. The molecule has 9 nitrogen and oxygen atoms in total. The van der Waals surface area contributed by atoms with Crippen LogP contribution >= 0.6 is 11.6 Å². The van der Waals surface area contributed by atoms with Crippen molar-refractivity contribution in [2.24, 2.45) is 0 Å². The first kappa shape index (κ1) is 23.2. The number of hydrogen-bond donors (Lipinski definition) is 0. The number of anilines is 1. The number of carbonyl (C=O) groups excluding carboxylic acids is 1. The number of rotatable bonds is 6. The maximum atomic E-state index is 13.1. The minimum atomic E-state index is -3.69. The van der Waals surface area contributed by atoms with E-state index in [1.807, 2.05) is 23.1 Å². The van der Waals surface area contributed by atoms with Gasteiger partial charge in [-0.3, -0.25) is 4.79 Å². The van der Waals surface area contributed by atoms with Gasteiger partial charge < -0.3 is 14.2 Å². The van der Waals surface area contributed by atoms with E-state index in [1.165, 1.54) is 29.4 Å². The zero-order chi connectivity index (χ0) is 23.6. The minimum Gasteiger partial charge on any atom is -0.426 e. The summed E-state index contributed by atoms with van der Waals surface area (Å²) in [6.07, 6.45) is 0.487. The first-order valence-electron chi connectivity index (χ1n) is 10.3. The van der Waals surface area contributed by atoms with Crippen LogP contribution in [0.3, 0.4) is 0 Å². The van der Waals surface area contributed by atoms with E-state index < -0.39 is 16.0 Å². The van der Waals surface area contributed by atoms with Crippen molar-refractivity contribution in [3.8, 4) is 5.75 Å². The van der Waals surface area contributed by atoms with Crippen molar-refractivity contribution < 1.29 is 22.5 Å². The lowest BCUT2D eigenvalue weighted by Crippen LogP contribution is -2.48. The van der Waals surface area contributed by atoms with Crippen LogP contribution < -0.4 is 9.64 Å². The summed E-state index contributed by atoms with van der Waals surface area (Å²) in [5.41, 5.74) is 1.55. The molecule has 11 heteroatoms. The second kappa shape index (κ2) is 9.50. The molecule has 4 rings (SSSR count). The number of hydrogen-bond acceptors (Lipinski definition) is 8. The number of carbonyl (C=O) groups is 1. The molecule has 0 atom stereocenters. The lowest BCUT2D eigenvalue weighted by Gasteiger charge is -2.32. The van der Waals surface area contributed by atoms with Crippen molar-refractivity contribution in [1.29, 1.82) is 0 Å². The van der Waals surface area contributed by atoms with Crippen molar-refractivity contribution in [2.45, 2.75) is 25.2 Å². The minimum absolute atomic E-state index is 0.158. The van der Waals surface area contributed by atoms with Crippen LogP contribution in [0.1, 0.15) is 23.9 Å². The smallest absolute Gasteiger partial charge is 0.324 e. The molecule has 1 aliphatic heterocycles. The third kappa shape index (κ3) is 5.35. The maximum Gasteiger partial charge on any atom is 0.324 e. The predicted octanol–water partition coefficient (Wildman–Crippen LogP) is 3.06. The number of sulfonamides is 1. The van der Waals surface area contributed by atoms with E-state index in [4.69, 9.17) is 20.9 Å². The molecule has 0 bridgehead atoms. The number of esters is 1. The van der Waals surface area contributed by atoms with E-state index in [9.17, 15) is 13.2 Å². The third-order valence-electron chi connectivity index (χ3n) is 5.26. The average molecular weight is 491 g/mol. The molecule has 0 radical (unpaired) electrons. The van der Waals surface area contributed by atoms with Gasteiger partial charge in [0, 0.05) is 44.5 Å². The predicted molar refractivity (Wildman–Crippen MR) is 122 cm³/mol. The van der Waals surface area contributed by atoms with Gasteiger partial charge in [0.2, 0.25) is 10.0 Å². The highest BCUT2D eigenvalue weighted by Crippen LogP contribution is 2.26. The summed E-state index contributed by atoms with van der Waals surface area (Å²) < 4.78 is 38.1. The summed E-state index contributed by atoms with van der Waals surface area (Å²) in [7, 11) is -3.69. The highest BCUT2D eigenvalue weighted by Gasteiger charge is 2.30. The summed E-state index contributed by atoms with van der Waals surface area (Å²) in [6, 6.07) is 12.3. The number of benzene rings is 2. The van der Waals surface area contributed by atoms with E-state index in [2.05, 4.69) is 10.1 Å². The van der Waals surface area contributed by atoms with Crippen molar-refractivity contribution in [3.63, 3.8) is 0 Å². The molecule has 0 aliphatic carbocycles. The number of aromatic nitrogens is 2. The fourth-order valence-electron chi connectivity index (χ4n) is 3.60. The number of piperazine rings is 1. The van der Waals surface area contributed by atoms with Gasteiger partial charge >= 0.3 is 12.0 Å². The van der Waals surface area contributed by atoms with E-state index >= 15 is 0 Å². The Kier molecular flexibility index (Phi) is 6.68. The Morgan fingerprint density at radius 1 is 1.15 bits per heavy atom. The summed E-state index contributed by atoms with van der Waals surface area (Å²) in [4.78, 5) is 17.6. The van der Waals surface area contributed by atoms with Crippen LogP contribution in [0, 0.1) is 6.92 Å². The Labute approximate surface area is 197 Å². The molecule has 0 amide bonds. The van der Waals surface area contributed by atoms with Crippen molar-refractivity contribution in [2.75, 3.05) is 31.1 Å². The number of nitrogens with zero attached hydrogens (tertiary/aromatic N) is 4. The summed E-state index contributed by atoms with van der Waals surface area (Å²) >= 11 is 6.02. The van der Waals surface area contributed by atoms with Gasteiger partial charge in [0.15, 0.2) is 5.82 Å². The zero-order valence-corrected chi connectivity index (χ0v) is 19.8. The normalized spacial score (nSPS) is 14.9. The van der Waals surface area contributed by atoms with Crippen LogP contribution in [0.15, 0.2) is 51.9 Å². The first-order valence-corrected chi connectivity index (χ1v) is 12.2. The van der Waals surface area contributed by atoms with E-state index in [0.29, 0.717) is 47.7 Å². The van der Waals surface area contributed by atoms with Gasteiger partial charge in [0.1, 0.15) is 5.75 Å². The third-order valence-corrected chi connectivity index (χ3v) is 7.39. The van der Waals surface area contributed by atoms with E-state index in [1.54, 1.807) is 13.0 Å². The molecule has 1 fully saturated rings. The summed E-state index contributed by atoms with van der Waals surface area (Å²) in [6.45, 7) is 4.39. The first-order chi connectivity index (χ1) is 15.7. The molecular weight excluding hydrogens is 468 g/mol. The average Bonchev–Trinajstić information content (AvgIpc) is 3.23. The van der Waals surface area contributed by atoms with Crippen molar-refractivity contribution >= 4 is 33.6 Å². The van der Waals surface area contributed by atoms with Crippen LogP contribution in [-0.4, -0.2) is 55.0 Å². The molecule has 0 N–H and O–H groups in total. The maximum absolute atomic E-state index is 13.1. The second-order valence-electron chi connectivity index (χ2n) is 7.71. The lowest BCUT2D eigenvalue weighted by molar-refractivity contribution is -0.131. The van der Waals surface area contributed by atoms with Gasteiger partial charge in [0.25, 0.3) is 0 Å². The fourth-order valence-corrected chi connectivity index (χ4v) is 5.32. The molecule has 0 unspecified atom stereocenters. The Balaban J connectivity index is 1.40. The molecule has 174 valence electrons. The van der Waals surface area contributed by atoms with Crippen LogP contribution in [0.2, 0.25) is 5.02 Å². The van der Waals surface area contributed by atoms with E-state index in [-0.39, 0.29) is 18.0 Å². The Bertz CT molecular complexity index is 1270. The Hall–Kier alpha value is -2.95. The highest BCUT2D eigenvalue weighted by atomic mass is 35.5. The fraction of sp³-hybridized carbons (Fsp3) is 0.318. The van der Waals surface area contributed by atoms with Gasteiger partial charge in [-0.2, -0.15) is 9.29 Å². The molecule has 1 saturated heterocycles. The molecule has 1 aromatic heterocycles. The molecule has 2 heterocycles. The SMILES string of the molecule is CC(=O)Oc1ccc(S(=O)(=O)N2CCN(c3nc(Cc4cccc(Cl)c4)no3)CC2)cc1C. The van der Waals surface area contributed by atoms with Gasteiger partial charge in [-0.1, -0.05) is 28.9 Å². The summed E-state index contributed by atoms with van der Waals surface area (Å²) in [5, 5.41) is 4.67. The largest absolute Gasteiger partial charge is 0.426 e. The van der Waals surface area contributed by atoms with E-state index in [0.717, 1.165) is 5.56 Å². The quantitative estimate of drug-likeness (QED) is 0.383. The number of halogens is 1. The highest BCUT2D eigenvalue weighted by molar-refractivity contribution is 7.89. The Morgan fingerprint density at radius 2 is 1.91 bits per heavy atom. The topological polar surface area (TPSA) is 106 Å². The Morgan fingerprint density at radius 3 is 2.58 bits per heavy atom. The van der Waals surface area contributed by atoms with Gasteiger partial charge in [-0.05, 0) is 48.4 Å².